The first-order valence-corrected chi connectivity index (χ1v) is 3.58. The van der Waals surface area contributed by atoms with Gasteiger partial charge in [0.1, 0.15) is 6.42 Å². The fraction of sp³-hybridized carbons (Fsp3) is 0.714. The number of rotatable bonds is 4. The van der Waals surface area contributed by atoms with Gasteiger partial charge in [0.2, 0.25) is 5.91 Å². The number of carbonyl (C=O) groups is 2. The summed E-state index contributed by atoms with van der Waals surface area (Å²) in [5, 5.41) is 11.1. The molecule has 1 amide bonds. The quantitative estimate of drug-likeness (QED) is 0.426. The fourth-order valence-corrected chi connectivity index (χ4v) is 0.527. The van der Waals surface area contributed by atoms with E-state index in [9.17, 15) is 9.59 Å². The molecule has 0 fully saturated rings. The molecule has 0 aromatic rings. The van der Waals surface area contributed by atoms with E-state index in [2.05, 4.69) is 10.1 Å². The molecular weight excluding hydrogens is 162 g/mol. The summed E-state index contributed by atoms with van der Waals surface area (Å²) in [6.45, 7) is 1.69. The van der Waals surface area contributed by atoms with E-state index in [1.807, 2.05) is 0 Å². The molecule has 0 saturated carbocycles. The Kier molecular flexibility index (Phi) is 5.03. The summed E-state index contributed by atoms with van der Waals surface area (Å²) < 4.78 is 4.27. The summed E-state index contributed by atoms with van der Waals surface area (Å²) in [5.41, 5.74) is 0. The number of methoxy groups -OCH3 is 1. The minimum Gasteiger partial charge on any atom is -0.469 e. The van der Waals surface area contributed by atoms with E-state index in [1.54, 1.807) is 6.92 Å². The first-order chi connectivity index (χ1) is 5.56. The summed E-state index contributed by atoms with van der Waals surface area (Å²) in [6, 6.07) is 0. The van der Waals surface area contributed by atoms with Crippen molar-refractivity contribution < 1.29 is 19.4 Å². The number of amides is 1. The van der Waals surface area contributed by atoms with E-state index in [0.29, 0.717) is 0 Å². The second-order valence-corrected chi connectivity index (χ2v) is 2.41. The highest BCUT2D eigenvalue weighted by atomic mass is 16.5. The lowest BCUT2D eigenvalue weighted by Gasteiger charge is -2.05. The molecular formula is C7H13NO4. The molecule has 5 nitrogen and oxygen atoms in total. The minimum absolute atomic E-state index is 0.149. The highest BCUT2D eigenvalue weighted by molar-refractivity contribution is 5.94. The van der Waals surface area contributed by atoms with Crippen molar-refractivity contribution in [1.29, 1.82) is 0 Å². The van der Waals surface area contributed by atoms with E-state index in [1.165, 1.54) is 7.11 Å². The maximum atomic E-state index is 10.8. The normalized spacial score (nSPS) is 11.9. The molecule has 0 bridgehead atoms. The molecule has 0 aliphatic rings. The van der Waals surface area contributed by atoms with Crippen molar-refractivity contribution in [2.75, 3.05) is 13.7 Å². The van der Waals surface area contributed by atoms with Crippen LogP contribution in [0.1, 0.15) is 13.3 Å². The Bertz CT molecular complexity index is 167. The maximum absolute atomic E-state index is 10.8. The van der Waals surface area contributed by atoms with E-state index in [0.717, 1.165) is 0 Å². The van der Waals surface area contributed by atoms with Crippen LogP contribution in [0.5, 0.6) is 0 Å². The SMILES string of the molecule is COC(=O)CC(=O)NCC(C)O. The zero-order valence-corrected chi connectivity index (χ0v) is 7.16. The number of esters is 1. The van der Waals surface area contributed by atoms with E-state index in [4.69, 9.17) is 5.11 Å². The molecule has 0 heterocycles. The summed E-state index contributed by atoms with van der Waals surface area (Å²) in [7, 11) is 1.21. The summed E-state index contributed by atoms with van der Waals surface area (Å²) in [4.78, 5) is 21.3. The lowest BCUT2D eigenvalue weighted by molar-refractivity contribution is -0.143. The number of aliphatic hydroxyl groups is 1. The lowest BCUT2D eigenvalue weighted by Crippen LogP contribution is -2.32. The van der Waals surface area contributed by atoms with Gasteiger partial charge in [-0.3, -0.25) is 9.59 Å². The number of hydrogen-bond acceptors (Lipinski definition) is 4. The van der Waals surface area contributed by atoms with Crippen LogP contribution >= 0.6 is 0 Å². The van der Waals surface area contributed by atoms with Crippen molar-refractivity contribution in [3.8, 4) is 0 Å². The van der Waals surface area contributed by atoms with Crippen molar-refractivity contribution in [2.45, 2.75) is 19.4 Å². The molecule has 2 N–H and O–H groups in total. The summed E-state index contributed by atoms with van der Waals surface area (Å²) in [6.07, 6.45) is -0.907. The first kappa shape index (κ1) is 10.9. The molecule has 0 rings (SSSR count). The average molecular weight is 175 g/mol. The monoisotopic (exact) mass is 175 g/mol. The van der Waals surface area contributed by atoms with Gasteiger partial charge in [-0.2, -0.15) is 0 Å². The van der Waals surface area contributed by atoms with Gasteiger partial charge in [-0.05, 0) is 6.92 Å². The lowest BCUT2D eigenvalue weighted by atomic mass is 10.3. The number of nitrogens with one attached hydrogen (secondary N) is 1. The van der Waals surface area contributed by atoms with Crippen LogP contribution in [0.3, 0.4) is 0 Å². The van der Waals surface area contributed by atoms with E-state index >= 15 is 0 Å². The highest BCUT2D eigenvalue weighted by Gasteiger charge is 2.08. The van der Waals surface area contributed by atoms with Crippen LogP contribution in [0.25, 0.3) is 0 Å². The van der Waals surface area contributed by atoms with Gasteiger partial charge >= 0.3 is 5.97 Å². The van der Waals surface area contributed by atoms with Crippen LogP contribution in [-0.4, -0.2) is 36.7 Å². The van der Waals surface area contributed by atoms with Crippen molar-refractivity contribution >= 4 is 11.9 Å². The largest absolute Gasteiger partial charge is 0.469 e. The third-order valence-electron chi connectivity index (χ3n) is 1.13. The fourth-order valence-electron chi connectivity index (χ4n) is 0.527. The molecule has 0 aromatic heterocycles. The van der Waals surface area contributed by atoms with Crippen LogP contribution < -0.4 is 5.32 Å². The Labute approximate surface area is 70.7 Å². The Morgan fingerprint density at radius 3 is 2.58 bits per heavy atom. The van der Waals surface area contributed by atoms with Crippen molar-refractivity contribution in [3.63, 3.8) is 0 Å². The molecule has 12 heavy (non-hydrogen) atoms. The van der Waals surface area contributed by atoms with Gasteiger partial charge in [0.15, 0.2) is 0 Å². The van der Waals surface area contributed by atoms with Gasteiger partial charge in [-0.25, -0.2) is 0 Å². The van der Waals surface area contributed by atoms with Crippen molar-refractivity contribution in [1.82, 2.24) is 5.32 Å². The highest BCUT2D eigenvalue weighted by Crippen LogP contribution is 1.84. The van der Waals surface area contributed by atoms with Crippen LogP contribution in [0.4, 0.5) is 0 Å². The molecule has 70 valence electrons. The number of carbonyl (C=O) groups excluding carboxylic acids is 2. The smallest absolute Gasteiger partial charge is 0.315 e. The van der Waals surface area contributed by atoms with Gasteiger partial charge in [0, 0.05) is 6.54 Å². The van der Waals surface area contributed by atoms with Gasteiger partial charge in [0.05, 0.1) is 13.2 Å². The van der Waals surface area contributed by atoms with Gasteiger partial charge < -0.3 is 15.2 Å². The molecule has 1 unspecified atom stereocenters. The maximum Gasteiger partial charge on any atom is 0.315 e. The number of hydrogen-bond donors (Lipinski definition) is 2. The van der Waals surface area contributed by atoms with Gasteiger partial charge in [-0.15, -0.1) is 0 Å². The third-order valence-corrected chi connectivity index (χ3v) is 1.13. The molecule has 0 saturated heterocycles. The zero-order chi connectivity index (χ0) is 9.56. The predicted octanol–water partition coefficient (Wildman–Crippen LogP) is -0.953. The number of ether oxygens (including phenoxy) is 1. The Morgan fingerprint density at radius 1 is 1.58 bits per heavy atom. The van der Waals surface area contributed by atoms with E-state index < -0.39 is 18.0 Å². The van der Waals surface area contributed by atoms with Crippen LogP contribution in [0.2, 0.25) is 0 Å². The number of aliphatic hydroxyl groups excluding tert-OH is 1. The first-order valence-electron chi connectivity index (χ1n) is 3.58. The Hall–Kier alpha value is -1.10. The van der Waals surface area contributed by atoms with Gasteiger partial charge in [0.25, 0.3) is 0 Å². The molecule has 0 spiro atoms. The molecule has 0 aliphatic heterocycles. The predicted molar refractivity (Wildman–Crippen MR) is 41.3 cm³/mol. The zero-order valence-electron chi connectivity index (χ0n) is 7.16. The molecule has 1 atom stereocenters. The van der Waals surface area contributed by atoms with Crippen molar-refractivity contribution in [3.05, 3.63) is 0 Å². The second kappa shape index (κ2) is 5.54. The van der Waals surface area contributed by atoms with Gasteiger partial charge in [-0.1, -0.05) is 0 Å². The van der Waals surface area contributed by atoms with Crippen LogP contribution in [0, 0.1) is 0 Å². The third kappa shape index (κ3) is 5.67. The molecule has 0 radical (unpaired) electrons. The minimum atomic E-state index is -0.605. The average Bonchev–Trinajstić information content (AvgIpc) is 2.00. The van der Waals surface area contributed by atoms with Crippen molar-refractivity contribution in [2.24, 2.45) is 0 Å². The summed E-state index contributed by atoms with van der Waals surface area (Å²) >= 11 is 0. The molecule has 0 aliphatic carbocycles. The molecule has 5 heteroatoms. The standard InChI is InChI=1S/C7H13NO4/c1-5(9)4-8-6(10)3-7(11)12-2/h5,9H,3-4H2,1-2H3,(H,8,10). The van der Waals surface area contributed by atoms with Crippen LogP contribution in [0.15, 0.2) is 0 Å². The topological polar surface area (TPSA) is 75.6 Å². The van der Waals surface area contributed by atoms with Crippen LogP contribution in [-0.2, 0) is 14.3 Å². The van der Waals surface area contributed by atoms with E-state index in [-0.39, 0.29) is 13.0 Å². The Morgan fingerprint density at radius 2 is 2.17 bits per heavy atom. The summed E-state index contributed by atoms with van der Waals surface area (Å²) in [5.74, 6) is -1.03. The Balaban J connectivity index is 3.53. The molecule has 0 aromatic carbocycles. The second-order valence-electron chi connectivity index (χ2n) is 2.41.